The zero-order chi connectivity index (χ0) is 15.4. The van der Waals surface area contributed by atoms with Crippen molar-refractivity contribution in [3.8, 4) is 11.8 Å². The van der Waals surface area contributed by atoms with Crippen LogP contribution in [-0.4, -0.2) is 20.2 Å². The monoisotopic (exact) mass is 307 g/mol. The first kappa shape index (κ1) is 14.3. The van der Waals surface area contributed by atoms with Crippen molar-refractivity contribution in [2.75, 3.05) is 0 Å². The molecule has 0 aliphatic rings. The highest BCUT2D eigenvalue weighted by atomic mass is 32.2. The highest BCUT2D eigenvalue weighted by Gasteiger charge is 2.10. The van der Waals surface area contributed by atoms with E-state index in [1.54, 1.807) is 16.4 Å². The van der Waals surface area contributed by atoms with Crippen LogP contribution in [0.5, 0.6) is 0 Å². The Bertz CT molecular complexity index is 817. The first-order valence-electron chi connectivity index (χ1n) is 6.74. The minimum Gasteiger partial charge on any atom is -0.192 e. The maximum Gasteiger partial charge on any atom is 0.214 e. The van der Waals surface area contributed by atoms with Gasteiger partial charge in [-0.25, -0.2) is 0 Å². The summed E-state index contributed by atoms with van der Waals surface area (Å²) >= 11 is 1.57. The van der Waals surface area contributed by atoms with Gasteiger partial charge in [-0.2, -0.15) is 9.94 Å². The van der Waals surface area contributed by atoms with E-state index in [2.05, 4.69) is 21.6 Å². The molecule has 6 heteroatoms. The van der Waals surface area contributed by atoms with E-state index in [9.17, 15) is 0 Å². The quantitative estimate of drug-likeness (QED) is 0.693. The minimum atomic E-state index is 0.665. The summed E-state index contributed by atoms with van der Waals surface area (Å²) in [5, 5.41) is 21.5. The number of para-hydroxylation sites is 1. The third kappa shape index (κ3) is 3.00. The van der Waals surface area contributed by atoms with Crippen LogP contribution in [0.1, 0.15) is 16.7 Å². The van der Waals surface area contributed by atoms with Crippen molar-refractivity contribution in [2.45, 2.75) is 17.8 Å². The third-order valence-electron chi connectivity index (χ3n) is 3.24. The molecule has 0 fully saturated rings. The molecule has 108 valence electrons. The van der Waals surface area contributed by atoms with Crippen LogP contribution in [0.25, 0.3) is 5.69 Å². The molecule has 3 aromatic rings. The lowest BCUT2D eigenvalue weighted by atomic mass is 10.2. The summed E-state index contributed by atoms with van der Waals surface area (Å²) in [7, 11) is 0. The molecule has 0 bridgehead atoms. The molecule has 2 aromatic carbocycles. The van der Waals surface area contributed by atoms with E-state index in [1.807, 2.05) is 55.5 Å². The Morgan fingerprint density at radius 1 is 1.14 bits per heavy atom. The molecule has 1 aromatic heterocycles. The lowest BCUT2D eigenvalue weighted by molar-refractivity contribution is 0.752. The first-order chi connectivity index (χ1) is 10.8. The van der Waals surface area contributed by atoms with Gasteiger partial charge in [-0.05, 0) is 46.7 Å². The molecule has 0 aliphatic heterocycles. The topological polar surface area (TPSA) is 67.4 Å². The van der Waals surface area contributed by atoms with Crippen LogP contribution >= 0.6 is 11.8 Å². The van der Waals surface area contributed by atoms with Crippen molar-refractivity contribution < 1.29 is 0 Å². The molecule has 0 unspecified atom stereocenters. The van der Waals surface area contributed by atoms with E-state index in [1.165, 1.54) is 0 Å². The van der Waals surface area contributed by atoms with E-state index in [0.29, 0.717) is 5.56 Å². The summed E-state index contributed by atoms with van der Waals surface area (Å²) in [6.07, 6.45) is 0. The normalized spacial score (nSPS) is 10.4. The molecule has 0 aliphatic carbocycles. The fourth-order valence-electron chi connectivity index (χ4n) is 2.04. The van der Waals surface area contributed by atoms with Crippen LogP contribution in [-0.2, 0) is 5.75 Å². The standard InChI is InChI=1S/C16H13N5S/c1-12-4-2-3-5-15(12)21-16(18-19-20-21)22-11-14-8-6-13(10-17)7-9-14/h2-9H,11H2,1H3. The van der Waals surface area contributed by atoms with Crippen molar-refractivity contribution in [3.63, 3.8) is 0 Å². The summed E-state index contributed by atoms with van der Waals surface area (Å²) < 4.78 is 1.75. The summed E-state index contributed by atoms with van der Waals surface area (Å²) in [6.45, 7) is 2.03. The zero-order valence-corrected chi connectivity index (χ0v) is 12.8. The number of benzene rings is 2. The van der Waals surface area contributed by atoms with Gasteiger partial charge >= 0.3 is 0 Å². The van der Waals surface area contributed by atoms with E-state index < -0.39 is 0 Å². The van der Waals surface area contributed by atoms with Gasteiger partial charge in [0.1, 0.15) is 0 Å². The number of rotatable bonds is 4. The molecular weight excluding hydrogens is 294 g/mol. The maximum atomic E-state index is 8.81. The number of nitrogens with zero attached hydrogens (tertiary/aromatic N) is 5. The molecule has 3 rings (SSSR count). The number of tetrazole rings is 1. The summed E-state index contributed by atoms with van der Waals surface area (Å²) in [6, 6.07) is 17.7. The van der Waals surface area contributed by atoms with E-state index in [0.717, 1.165) is 27.7 Å². The van der Waals surface area contributed by atoms with Crippen molar-refractivity contribution >= 4 is 11.8 Å². The van der Waals surface area contributed by atoms with E-state index in [-0.39, 0.29) is 0 Å². The van der Waals surface area contributed by atoms with E-state index in [4.69, 9.17) is 5.26 Å². The van der Waals surface area contributed by atoms with Gasteiger partial charge < -0.3 is 0 Å². The molecule has 0 saturated carbocycles. The average molecular weight is 307 g/mol. The highest BCUT2D eigenvalue weighted by molar-refractivity contribution is 7.98. The fraction of sp³-hybridized carbons (Fsp3) is 0.125. The Balaban J connectivity index is 1.78. The smallest absolute Gasteiger partial charge is 0.192 e. The fourth-order valence-corrected chi connectivity index (χ4v) is 2.88. The van der Waals surface area contributed by atoms with Gasteiger partial charge in [-0.1, -0.05) is 42.1 Å². The van der Waals surface area contributed by atoms with E-state index >= 15 is 0 Å². The Hall–Kier alpha value is -2.65. The molecule has 0 N–H and O–H groups in total. The number of aryl methyl sites for hydroxylation is 1. The third-order valence-corrected chi connectivity index (χ3v) is 4.23. The average Bonchev–Trinajstić information content (AvgIpc) is 3.02. The predicted octanol–water partition coefficient (Wildman–Crippen LogP) is 3.13. The number of nitriles is 1. The van der Waals surface area contributed by atoms with Crippen LogP contribution in [0.4, 0.5) is 0 Å². The lowest BCUT2D eigenvalue weighted by Crippen LogP contribution is -2.01. The highest BCUT2D eigenvalue weighted by Crippen LogP contribution is 2.23. The van der Waals surface area contributed by atoms with Gasteiger partial charge in [0, 0.05) is 5.75 Å². The molecule has 0 atom stereocenters. The maximum absolute atomic E-state index is 8.81. The summed E-state index contributed by atoms with van der Waals surface area (Å²) in [4.78, 5) is 0. The molecule has 0 amide bonds. The van der Waals surface area contributed by atoms with Crippen molar-refractivity contribution in [3.05, 3.63) is 65.2 Å². The van der Waals surface area contributed by atoms with Crippen LogP contribution in [0.3, 0.4) is 0 Å². The minimum absolute atomic E-state index is 0.665. The molecule has 5 nitrogen and oxygen atoms in total. The lowest BCUT2D eigenvalue weighted by Gasteiger charge is -2.07. The molecule has 0 radical (unpaired) electrons. The Kier molecular flexibility index (Phi) is 4.17. The van der Waals surface area contributed by atoms with Crippen LogP contribution in [0, 0.1) is 18.3 Å². The number of aromatic nitrogens is 4. The Morgan fingerprint density at radius 3 is 2.64 bits per heavy atom. The van der Waals surface area contributed by atoms with Gasteiger partial charge in [0.05, 0.1) is 17.3 Å². The molecular formula is C16H13N5S. The van der Waals surface area contributed by atoms with Gasteiger partial charge in [-0.3, -0.25) is 0 Å². The zero-order valence-electron chi connectivity index (χ0n) is 12.0. The SMILES string of the molecule is Cc1ccccc1-n1nnnc1SCc1ccc(C#N)cc1. The molecule has 22 heavy (non-hydrogen) atoms. The van der Waals surface area contributed by atoms with Crippen molar-refractivity contribution in [1.29, 1.82) is 5.26 Å². The second-order valence-electron chi connectivity index (χ2n) is 4.76. The van der Waals surface area contributed by atoms with Gasteiger partial charge in [0.2, 0.25) is 5.16 Å². The molecule has 0 saturated heterocycles. The first-order valence-corrected chi connectivity index (χ1v) is 7.73. The molecule has 1 heterocycles. The van der Waals surface area contributed by atoms with Gasteiger partial charge in [0.15, 0.2) is 0 Å². The molecule has 0 spiro atoms. The number of hydrogen-bond donors (Lipinski definition) is 0. The van der Waals surface area contributed by atoms with Crippen LogP contribution < -0.4 is 0 Å². The van der Waals surface area contributed by atoms with Crippen LogP contribution in [0.15, 0.2) is 53.7 Å². The second-order valence-corrected chi connectivity index (χ2v) is 5.70. The van der Waals surface area contributed by atoms with Gasteiger partial charge in [0.25, 0.3) is 0 Å². The van der Waals surface area contributed by atoms with Crippen molar-refractivity contribution in [2.24, 2.45) is 0 Å². The summed E-state index contributed by atoms with van der Waals surface area (Å²) in [5.41, 5.74) is 3.90. The summed E-state index contributed by atoms with van der Waals surface area (Å²) in [5.74, 6) is 0.748. The van der Waals surface area contributed by atoms with Crippen LogP contribution in [0.2, 0.25) is 0 Å². The number of hydrogen-bond acceptors (Lipinski definition) is 5. The predicted molar refractivity (Wildman–Crippen MR) is 84.6 cm³/mol. The van der Waals surface area contributed by atoms with Gasteiger partial charge in [-0.15, -0.1) is 5.10 Å². The Labute approximate surface area is 132 Å². The van der Waals surface area contributed by atoms with Crippen molar-refractivity contribution in [1.82, 2.24) is 20.2 Å². The largest absolute Gasteiger partial charge is 0.214 e. The second kappa shape index (κ2) is 6.41. The number of thioether (sulfide) groups is 1. The Morgan fingerprint density at radius 2 is 1.91 bits per heavy atom.